The van der Waals surface area contributed by atoms with E-state index in [9.17, 15) is 8.42 Å². The molecule has 0 saturated heterocycles. The van der Waals surface area contributed by atoms with Gasteiger partial charge in [0, 0.05) is 18.5 Å². The molecule has 0 aromatic rings. The van der Waals surface area contributed by atoms with Crippen molar-refractivity contribution in [3.05, 3.63) is 0 Å². The van der Waals surface area contributed by atoms with Crippen LogP contribution in [0.15, 0.2) is 0 Å². The molecule has 0 rings (SSSR count). The van der Waals surface area contributed by atoms with E-state index >= 15 is 0 Å². The van der Waals surface area contributed by atoms with E-state index in [0.717, 1.165) is 0 Å². The molecule has 0 radical (unpaired) electrons. The van der Waals surface area contributed by atoms with Crippen molar-refractivity contribution in [2.75, 3.05) is 18.2 Å². The van der Waals surface area contributed by atoms with Gasteiger partial charge in [-0.25, -0.2) is 13.1 Å². The average Bonchev–Trinajstić information content (AvgIpc) is 2.11. The number of alkyl halides is 1. The first kappa shape index (κ1) is 14.2. The highest BCUT2D eigenvalue weighted by Gasteiger charge is 2.13. The number of aliphatic hydroxyl groups excluding tert-OH is 1. The molecule has 0 aromatic carbocycles. The minimum Gasteiger partial charge on any atom is -0.396 e. The summed E-state index contributed by atoms with van der Waals surface area (Å²) in [5, 5.41) is 8.56. The average molecular weight is 244 g/mol. The Kier molecular flexibility index (Phi) is 7.54. The first-order chi connectivity index (χ1) is 6.52. The summed E-state index contributed by atoms with van der Waals surface area (Å²) < 4.78 is 25.2. The number of sulfonamides is 1. The lowest BCUT2D eigenvalue weighted by Crippen LogP contribution is -2.34. The molecule has 0 aliphatic rings. The van der Waals surface area contributed by atoms with Gasteiger partial charge in [-0.1, -0.05) is 0 Å². The van der Waals surface area contributed by atoms with E-state index in [4.69, 9.17) is 16.7 Å². The Morgan fingerprint density at radius 1 is 1.43 bits per heavy atom. The van der Waals surface area contributed by atoms with Gasteiger partial charge in [0.15, 0.2) is 0 Å². The highest BCUT2D eigenvalue weighted by Crippen LogP contribution is 1.99. The Balaban J connectivity index is 3.83. The van der Waals surface area contributed by atoms with Gasteiger partial charge >= 0.3 is 0 Å². The third-order valence-electron chi connectivity index (χ3n) is 1.72. The van der Waals surface area contributed by atoms with E-state index in [-0.39, 0.29) is 18.4 Å². The standard InChI is InChI=1S/C8H18ClNO3S/c1-8(4-2-6-11)10-14(12,13)7-3-5-9/h8,10-11H,2-7H2,1H3. The van der Waals surface area contributed by atoms with Gasteiger partial charge in [-0.3, -0.25) is 0 Å². The van der Waals surface area contributed by atoms with Crippen molar-refractivity contribution in [2.45, 2.75) is 32.2 Å². The van der Waals surface area contributed by atoms with Crippen LogP contribution in [-0.4, -0.2) is 37.8 Å². The molecule has 0 amide bonds. The van der Waals surface area contributed by atoms with Crippen LogP contribution in [0.5, 0.6) is 0 Å². The molecule has 4 nitrogen and oxygen atoms in total. The van der Waals surface area contributed by atoms with Crippen molar-refractivity contribution in [2.24, 2.45) is 0 Å². The van der Waals surface area contributed by atoms with Crippen LogP contribution in [-0.2, 0) is 10.0 Å². The number of hydrogen-bond acceptors (Lipinski definition) is 3. The molecule has 86 valence electrons. The number of halogens is 1. The molecule has 0 fully saturated rings. The number of aliphatic hydroxyl groups is 1. The van der Waals surface area contributed by atoms with Crippen molar-refractivity contribution in [3.63, 3.8) is 0 Å². The molecular weight excluding hydrogens is 226 g/mol. The second-order valence-electron chi connectivity index (χ2n) is 3.25. The molecule has 2 N–H and O–H groups in total. The summed E-state index contributed by atoms with van der Waals surface area (Å²) in [6, 6.07) is -0.123. The zero-order valence-corrected chi connectivity index (χ0v) is 9.94. The molecule has 0 aliphatic carbocycles. The van der Waals surface area contributed by atoms with E-state index in [1.807, 2.05) is 0 Å². The Morgan fingerprint density at radius 2 is 2.07 bits per heavy atom. The molecule has 14 heavy (non-hydrogen) atoms. The van der Waals surface area contributed by atoms with E-state index in [1.54, 1.807) is 6.92 Å². The SMILES string of the molecule is CC(CCCO)NS(=O)(=O)CCCCl. The first-order valence-electron chi connectivity index (χ1n) is 4.68. The van der Waals surface area contributed by atoms with Gasteiger partial charge in [-0.15, -0.1) is 11.6 Å². The normalized spacial score (nSPS) is 14.2. The molecule has 0 bridgehead atoms. The Hall–Kier alpha value is 0.160. The predicted molar refractivity (Wildman–Crippen MR) is 58.0 cm³/mol. The fourth-order valence-corrected chi connectivity index (χ4v) is 2.73. The summed E-state index contributed by atoms with van der Waals surface area (Å²) in [4.78, 5) is 0. The summed E-state index contributed by atoms with van der Waals surface area (Å²) in [5.41, 5.74) is 0. The van der Waals surface area contributed by atoms with Gasteiger partial charge in [-0.05, 0) is 26.2 Å². The summed E-state index contributed by atoms with van der Waals surface area (Å²) >= 11 is 5.40. The molecular formula is C8H18ClNO3S. The smallest absolute Gasteiger partial charge is 0.211 e. The van der Waals surface area contributed by atoms with Crippen LogP contribution in [0.25, 0.3) is 0 Å². The zero-order valence-electron chi connectivity index (χ0n) is 8.37. The van der Waals surface area contributed by atoms with Gasteiger partial charge in [-0.2, -0.15) is 0 Å². The summed E-state index contributed by atoms with van der Waals surface area (Å²) in [7, 11) is -3.19. The van der Waals surface area contributed by atoms with Crippen LogP contribution in [0, 0.1) is 0 Å². The predicted octanol–water partition coefficient (Wildman–Crippen LogP) is 0.696. The van der Waals surface area contributed by atoms with Crippen molar-refractivity contribution < 1.29 is 13.5 Å². The maximum atomic E-state index is 11.3. The maximum Gasteiger partial charge on any atom is 0.211 e. The second-order valence-corrected chi connectivity index (χ2v) is 5.50. The first-order valence-corrected chi connectivity index (χ1v) is 6.87. The van der Waals surface area contributed by atoms with Crippen molar-refractivity contribution in [1.29, 1.82) is 0 Å². The van der Waals surface area contributed by atoms with E-state index in [1.165, 1.54) is 0 Å². The van der Waals surface area contributed by atoms with Crippen LogP contribution < -0.4 is 4.72 Å². The topological polar surface area (TPSA) is 66.4 Å². The second kappa shape index (κ2) is 7.45. The molecule has 1 atom stereocenters. The van der Waals surface area contributed by atoms with Gasteiger partial charge < -0.3 is 5.11 Å². The van der Waals surface area contributed by atoms with Crippen LogP contribution in [0.3, 0.4) is 0 Å². The van der Waals surface area contributed by atoms with Crippen LogP contribution in [0.2, 0.25) is 0 Å². The summed E-state index contributed by atoms with van der Waals surface area (Å²) in [6.07, 6.45) is 1.72. The highest BCUT2D eigenvalue weighted by atomic mass is 35.5. The third kappa shape index (κ3) is 7.55. The van der Waals surface area contributed by atoms with Crippen LogP contribution in [0.1, 0.15) is 26.2 Å². The minimum absolute atomic E-state index is 0.0694. The van der Waals surface area contributed by atoms with Crippen LogP contribution >= 0.6 is 11.6 Å². The molecule has 0 spiro atoms. The number of hydrogen-bond donors (Lipinski definition) is 2. The summed E-state index contributed by atoms with van der Waals surface area (Å²) in [6.45, 7) is 1.88. The molecule has 0 aromatic heterocycles. The van der Waals surface area contributed by atoms with Gasteiger partial charge in [0.05, 0.1) is 5.75 Å². The molecule has 0 aliphatic heterocycles. The lowest BCUT2D eigenvalue weighted by atomic mass is 10.2. The number of rotatable bonds is 8. The van der Waals surface area contributed by atoms with E-state index in [2.05, 4.69) is 4.72 Å². The quantitative estimate of drug-likeness (QED) is 0.617. The molecule has 1 unspecified atom stereocenters. The third-order valence-corrected chi connectivity index (χ3v) is 3.58. The molecule has 0 saturated carbocycles. The Bertz CT molecular complexity index is 231. The number of nitrogens with one attached hydrogen (secondary N) is 1. The van der Waals surface area contributed by atoms with Crippen LogP contribution in [0.4, 0.5) is 0 Å². The van der Waals surface area contributed by atoms with Gasteiger partial charge in [0.2, 0.25) is 10.0 Å². The highest BCUT2D eigenvalue weighted by molar-refractivity contribution is 7.89. The van der Waals surface area contributed by atoms with Gasteiger partial charge in [0.25, 0.3) is 0 Å². The van der Waals surface area contributed by atoms with Crippen molar-refractivity contribution in [1.82, 2.24) is 4.72 Å². The van der Waals surface area contributed by atoms with E-state index < -0.39 is 10.0 Å². The Labute approximate surface area is 90.7 Å². The molecule has 0 heterocycles. The Morgan fingerprint density at radius 3 is 2.57 bits per heavy atom. The minimum atomic E-state index is -3.19. The lowest BCUT2D eigenvalue weighted by Gasteiger charge is -2.12. The fourth-order valence-electron chi connectivity index (χ4n) is 1.07. The van der Waals surface area contributed by atoms with Gasteiger partial charge in [0.1, 0.15) is 0 Å². The maximum absolute atomic E-state index is 11.3. The molecule has 6 heteroatoms. The lowest BCUT2D eigenvalue weighted by molar-refractivity contribution is 0.279. The van der Waals surface area contributed by atoms with E-state index in [0.29, 0.717) is 25.1 Å². The fraction of sp³-hybridized carbons (Fsp3) is 1.00. The largest absolute Gasteiger partial charge is 0.396 e. The zero-order chi connectivity index (χ0) is 11.0. The van der Waals surface area contributed by atoms with Crippen molar-refractivity contribution >= 4 is 21.6 Å². The summed E-state index contributed by atoms with van der Waals surface area (Å²) in [5.74, 6) is 0.423. The monoisotopic (exact) mass is 243 g/mol. The van der Waals surface area contributed by atoms with Crippen molar-refractivity contribution in [3.8, 4) is 0 Å².